The normalized spacial score (nSPS) is 14.0. The molecule has 33 heavy (non-hydrogen) atoms. The second kappa shape index (κ2) is 9.03. The summed E-state index contributed by atoms with van der Waals surface area (Å²) in [7, 11) is -3.77. The van der Waals surface area contributed by atoms with Crippen LogP contribution in [0.4, 0.5) is 0 Å². The summed E-state index contributed by atoms with van der Waals surface area (Å²) in [6.07, 6.45) is 5.80. The topological polar surface area (TPSA) is 39.1 Å². The highest BCUT2D eigenvalue weighted by atomic mass is 32.2. The molecule has 0 fully saturated rings. The zero-order valence-corrected chi connectivity index (χ0v) is 19.8. The highest BCUT2D eigenvalue weighted by Gasteiger charge is 2.31. The van der Waals surface area contributed by atoms with E-state index >= 15 is 0 Å². The van der Waals surface area contributed by atoms with Crippen molar-refractivity contribution < 1.29 is 8.42 Å². The van der Waals surface area contributed by atoms with E-state index in [0.29, 0.717) is 11.3 Å². The molecule has 0 amide bonds. The Balaban J connectivity index is 1.82. The Morgan fingerprint density at radius 1 is 0.727 bits per heavy atom. The highest BCUT2D eigenvalue weighted by Crippen LogP contribution is 2.39. The summed E-state index contributed by atoms with van der Waals surface area (Å²) >= 11 is 0. The fourth-order valence-corrected chi connectivity index (χ4v) is 6.59. The highest BCUT2D eigenvalue weighted by molar-refractivity contribution is 7.90. The van der Waals surface area contributed by atoms with Crippen LogP contribution in [0.5, 0.6) is 0 Å². The molecule has 1 aliphatic rings. The molecule has 4 heteroatoms. The van der Waals surface area contributed by atoms with E-state index in [-0.39, 0.29) is 0 Å². The van der Waals surface area contributed by atoms with Crippen molar-refractivity contribution >= 4 is 10.0 Å². The molecule has 1 aromatic heterocycles. The second-order valence-corrected chi connectivity index (χ2v) is 10.7. The Hall–Kier alpha value is -3.11. The average Bonchev–Trinajstić information content (AvgIpc) is 2.97. The minimum absolute atomic E-state index is 0.338. The van der Waals surface area contributed by atoms with Gasteiger partial charge in [0.1, 0.15) is 0 Å². The van der Waals surface area contributed by atoms with Gasteiger partial charge in [0.15, 0.2) is 0 Å². The van der Waals surface area contributed by atoms with Gasteiger partial charge in [-0.2, -0.15) is 0 Å². The van der Waals surface area contributed by atoms with E-state index in [2.05, 4.69) is 12.1 Å². The van der Waals surface area contributed by atoms with Crippen LogP contribution in [0.1, 0.15) is 47.2 Å². The minimum atomic E-state index is -3.77. The Bertz CT molecular complexity index is 1350. The zero-order valence-electron chi connectivity index (χ0n) is 19.0. The van der Waals surface area contributed by atoms with Crippen LogP contribution in [0.3, 0.4) is 0 Å². The quantitative estimate of drug-likeness (QED) is 0.320. The maximum absolute atomic E-state index is 14.2. The molecule has 0 N–H and O–H groups in total. The first-order valence-corrected chi connectivity index (χ1v) is 13.2. The fourth-order valence-electron chi connectivity index (χ4n) is 4.98. The van der Waals surface area contributed by atoms with E-state index in [9.17, 15) is 8.42 Å². The molecule has 3 nitrogen and oxygen atoms in total. The van der Waals surface area contributed by atoms with Gasteiger partial charge in [-0.15, -0.1) is 0 Å². The number of aryl methyl sites for hydroxylation is 1. The molecule has 5 rings (SSSR count). The third-order valence-corrected chi connectivity index (χ3v) is 8.37. The van der Waals surface area contributed by atoms with E-state index < -0.39 is 10.0 Å². The molecule has 0 saturated heterocycles. The van der Waals surface area contributed by atoms with Crippen molar-refractivity contribution in [3.8, 4) is 11.3 Å². The standard InChI is InChI=1S/C29H29NO2S/c1-22-17-19-25(20-18-22)33(31,32)30-28(21-23-11-5-2-6-12-23)26-15-9-4-10-16-27(26)29(30)24-13-7-3-8-14-24/h2-3,5-8,11-14,17-20H,4,9-10,15-16,21H2,1H3. The molecular formula is C29H29NO2S. The molecule has 4 aromatic rings. The number of nitrogens with zero attached hydrogens (tertiary/aromatic N) is 1. The largest absolute Gasteiger partial charge is 0.268 e. The first-order valence-electron chi connectivity index (χ1n) is 11.7. The molecule has 0 unspecified atom stereocenters. The Morgan fingerprint density at radius 2 is 1.33 bits per heavy atom. The number of hydrogen-bond acceptors (Lipinski definition) is 2. The van der Waals surface area contributed by atoms with Crippen LogP contribution < -0.4 is 0 Å². The van der Waals surface area contributed by atoms with E-state index in [1.54, 1.807) is 16.1 Å². The lowest BCUT2D eigenvalue weighted by molar-refractivity contribution is 0.585. The predicted octanol–water partition coefficient (Wildman–Crippen LogP) is 6.56. The lowest BCUT2D eigenvalue weighted by atomic mass is 9.98. The molecule has 0 atom stereocenters. The van der Waals surface area contributed by atoms with Gasteiger partial charge in [0.05, 0.1) is 10.6 Å². The van der Waals surface area contributed by atoms with Gasteiger partial charge in [0.25, 0.3) is 10.0 Å². The molecule has 0 aliphatic heterocycles. The Morgan fingerprint density at radius 3 is 2.00 bits per heavy atom. The summed E-state index contributed by atoms with van der Waals surface area (Å²) in [6.45, 7) is 1.98. The van der Waals surface area contributed by atoms with Crippen molar-refractivity contribution in [2.75, 3.05) is 0 Å². The van der Waals surface area contributed by atoms with E-state index in [1.807, 2.05) is 67.6 Å². The number of aromatic nitrogens is 1. The van der Waals surface area contributed by atoms with Crippen LogP contribution in [0.25, 0.3) is 11.3 Å². The monoisotopic (exact) mass is 455 g/mol. The van der Waals surface area contributed by atoms with Gasteiger partial charge in [-0.25, -0.2) is 12.4 Å². The van der Waals surface area contributed by atoms with Crippen LogP contribution in [-0.4, -0.2) is 12.4 Å². The molecule has 168 valence electrons. The van der Waals surface area contributed by atoms with Gasteiger partial charge in [0.2, 0.25) is 0 Å². The van der Waals surface area contributed by atoms with Crippen molar-refractivity contribution in [3.05, 3.63) is 113 Å². The van der Waals surface area contributed by atoms with Crippen molar-refractivity contribution in [3.63, 3.8) is 0 Å². The third-order valence-electron chi connectivity index (χ3n) is 6.62. The van der Waals surface area contributed by atoms with Gasteiger partial charge < -0.3 is 0 Å². The number of fused-ring (bicyclic) bond motifs is 1. The van der Waals surface area contributed by atoms with Crippen LogP contribution in [0.15, 0.2) is 89.8 Å². The smallest absolute Gasteiger partial charge is 0.237 e. The zero-order chi connectivity index (χ0) is 22.8. The third kappa shape index (κ3) is 4.16. The van der Waals surface area contributed by atoms with Crippen molar-refractivity contribution in [2.45, 2.75) is 50.3 Å². The molecule has 0 radical (unpaired) electrons. The average molecular weight is 456 g/mol. The fraction of sp³-hybridized carbons (Fsp3) is 0.241. The van der Waals surface area contributed by atoms with E-state index in [4.69, 9.17) is 0 Å². The van der Waals surface area contributed by atoms with E-state index in [1.165, 1.54) is 17.5 Å². The maximum Gasteiger partial charge on any atom is 0.268 e. The summed E-state index contributed by atoms with van der Waals surface area (Å²) in [5.41, 5.74) is 7.33. The van der Waals surface area contributed by atoms with Gasteiger partial charge in [-0.3, -0.25) is 0 Å². The number of hydrogen-bond donors (Lipinski definition) is 0. The molecule has 3 aromatic carbocycles. The second-order valence-electron chi connectivity index (χ2n) is 8.92. The molecule has 1 heterocycles. The Kier molecular flexibility index (Phi) is 5.94. The summed E-state index contributed by atoms with van der Waals surface area (Å²) in [5, 5.41) is 0. The molecule has 0 saturated carbocycles. The first kappa shape index (κ1) is 21.7. The molecule has 0 spiro atoms. The Labute approximate surface area is 196 Å². The summed E-state index contributed by atoms with van der Waals surface area (Å²) in [6, 6.07) is 27.5. The summed E-state index contributed by atoms with van der Waals surface area (Å²) < 4.78 is 30.1. The SMILES string of the molecule is Cc1ccc(S(=O)(=O)n2c(Cc3ccccc3)c3c(c2-c2ccccc2)CCCCC3)cc1. The van der Waals surface area contributed by atoms with Crippen LogP contribution >= 0.6 is 0 Å². The van der Waals surface area contributed by atoms with E-state index in [0.717, 1.165) is 53.8 Å². The molecular weight excluding hydrogens is 426 g/mol. The van der Waals surface area contributed by atoms with Crippen molar-refractivity contribution in [1.29, 1.82) is 0 Å². The summed E-state index contributed by atoms with van der Waals surface area (Å²) in [4.78, 5) is 0.338. The predicted molar refractivity (Wildman–Crippen MR) is 134 cm³/mol. The van der Waals surface area contributed by atoms with Gasteiger partial charge >= 0.3 is 0 Å². The molecule has 0 bridgehead atoms. The maximum atomic E-state index is 14.2. The van der Waals surface area contributed by atoms with Crippen LogP contribution in [0.2, 0.25) is 0 Å². The van der Waals surface area contributed by atoms with Gasteiger partial charge in [-0.05, 0) is 67.0 Å². The van der Waals surface area contributed by atoms with Gasteiger partial charge in [0, 0.05) is 12.1 Å². The summed E-state index contributed by atoms with van der Waals surface area (Å²) in [5.74, 6) is 0. The first-order chi connectivity index (χ1) is 16.1. The lowest BCUT2D eigenvalue weighted by Crippen LogP contribution is -2.18. The van der Waals surface area contributed by atoms with Crippen molar-refractivity contribution in [1.82, 2.24) is 3.97 Å². The number of rotatable bonds is 5. The minimum Gasteiger partial charge on any atom is -0.237 e. The lowest BCUT2D eigenvalue weighted by Gasteiger charge is -2.16. The van der Waals surface area contributed by atoms with Crippen molar-refractivity contribution in [2.24, 2.45) is 0 Å². The molecule has 1 aliphatic carbocycles. The van der Waals surface area contributed by atoms with Crippen LogP contribution in [-0.2, 0) is 29.3 Å². The van der Waals surface area contributed by atoms with Gasteiger partial charge in [-0.1, -0.05) is 84.8 Å². The van der Waals surface area contributed by atoms with Crippen LogP contribution in [0, 0.1) is 6.92 Å². The number of benzene rings is 3.